The molecule has 25 atom stereocenters. The third-order valence-electron chi connectivity index (χ3n) is 18.3. The first-order chi connectivity index (χ1) is 32.2. The van der Waals surface area contributed by atoms with Crippen molar-refractivity contribution in [1.82, 2.24) is 0 Å². The van der Waals surface area contributed by atoms with Gasteiger partial charge in [-0.3, -0.25) is 4.79 Å². The zero-order chi connectivity index (χ0) is 48.6. The summed E-state index contributed by atoms with van der Waals surface area (Å²) < 4.78 is 60.2. The van der Waals surface area contributed by atoms with E-state index in [-0.39, 0.29) is 54.0 Å². The van der Waals surface area contributed by atoms with Crippen molar-refractivity contribution in [2.24, 2.45) is 34.5 Å². The number of hydrogen-bond donors (Lipinski definition) is 7. The quantitative estimate of drug-likeness (QED) is 0.115. The predicted molar refractivity (Wildman–Crippen MR) is 233 cm³/mol. The van der Waals surface area contributed by atoms with E-state index in [9.17, 15) is 45.3 Å². The van der Waals surface area contributed by atoms with Crippen LogP contribution in [0.5, 0.6) is 0 Å². The van der Waals surface area contributed by atoms with E-state index in [1.165, 1.54) is 6.92 Å². The molecule has 0 unspecified atom stereocenters. The van der Waals surface area contributed by atoms with Crippen LogP contribution in [0.4, 0.5) is 0 Å². The fourth-order valence-corrected chi connectivity index (χ4v) is 14.6. The minimum absolute atomic E-state index is 0.0126. The predicted octanol–water partition coefficient (Wildman–Crippen LogP) is 1.64. The van der Waals surface area contributed by atoms with Gasteiger partial charge in [-0.25, -0.2) is 4.79 Å². The minimum Gasteiger partial charge on any atom is -0.459 e. The highest BCUT2D eigenvalue weighted by molar-refractivity contribution is 5.85. The molecule has 9 aliphatic rings. The minimum atomic E-state index is -1.68. The summed E-state index contributed by atoms with van der Waals surface area (Å²) in [5.41, 5.74) is 0.0925. The van der Waals surface area contributed by atoms with Gasteiger partial charge in [0.1, 0.15) is 55.4 Å². The molecule has 0 aromatic rings. The first-order valence-corrected chi connectivity index (χ1v) is 25.2. The molecule has 0 aromatic carbocycles. The Hall–Kier alpha value is -1.92. The molecule has 4 saturated heterocycles. The van der Waals surface area contributed by atoms with Crippen molar-refractivity contribution in [2.75, 3.05) is 13.2 Å². The third kappa shape index (κ3) is 9.36. The average molecular weight is 969 g/mol. The molecule has 8 fully saturated rings. The Bertz CT molecular complexity index is 1810. The number of fused-ring (bicyclic) bond motifs is 5. The van der Waals surface area contributed by atoms with Crippen molar-refractivity contribution in [3.63, 3.8) is 0 Å². The third-order valence-corrected chi connectivity index (χ3v) is 18.3. The van der Waals surface area contributed by atoms with Crippen LogP contribution in [0.3, 0.4) is 0 Å². The van der Waals surface area contributed by atoms with Gasteiger partial charge in [0.25, 0.3) is 0 Å². The second-order valence-corrected chi connectivity index (χ2v) is 22.1. The zero-order valence-corrected chi connectivity index (χ0v) is 40.2. The second kappa shape index (κ2) is 19.8. The Balaban J connectivity index is 0.746. The molecule has 19 nitrogen and oxygen atoms in total. The molecule has 0 bridgehead atoms. The van der Waals surface area contributed by atoms with E-state index in [0.29, 0.717) is 18.4 Å². The fourth-order valence-electron chi connectivity index (χ4n) is 14.6. The van der Waals surface area contributed by atoms with Gasteiger partial charge in [0.05, 0.1) is 48.8 Å². The maximum absolute atomic E-state index is 12.6. The molecule has 0 spiro atoms. The van der Waals surface area contributed by atoms with Crippen molar-refractivity contribution in [2.45, 2.75) is 235 Å². The number of ether oxygens (including phenoxy) is 10. The molecule has 68 heavy (non-hydrogen) atoms. The molecular formula is C49H76O19. The Labute approximate surface area is 398 Å². The van der Waals surface area contributed by atoms with Crippen LogP contribution in [0.2, 0.25) is 0 Å². The number of hydrogen-bond acceptors (Lipinski definition) is 19. The van der Waals surface area contributed by atoms with E-state index < -0.39 is 123 Å². The number of esters is 2. The maximum atomic E-state index is 12.6. The first-order valence-electron chi connectivity index (χ1n) is 25.2. The highest BCUT2D eigenvalue weighted by Gasteiger charge is 2.68. The lowest BCUT2D eigenvalue weighted by molar-refractivity contribution is -0.355. The van der Waals surface area contributed by atoms with E-state index in [1.807, 2.05) is 6.92 Å². The van der Waals surface area contributed by atoms with Crippen LogP contribution in [0.25, 0.3) is 0 Å². The molecule has 4 aliphatic carbocycles. The lowest BCUT2D eigenvalue weighted by atomic mass is 9.43. The highest BCUT2D eigenvalue weighted by Crippen LogP contribution is 2.70. The Morgan fingerprint density at radius 3 is 1.94 bits per heavy atom. The molecule has 0 aromatic heterocycles. The first kappa shape index (κ1) is 51.0. The number of rotatable bonds is 11. The van der Waals surface area contributed by atoms with E-state index in [0.717, 1.165) is 63.4 Å². The molecule has 386 valence electrons. The van der Waals surface area contributed by atoms with Crippen molar-refractivity contribution >= 4 is 11.9 Å². The summed E-state index contributed by atoms with van der Waals surface area (Å²) in [6.07, 6.45) is -7.65. The average Bonchev–Trinajstić information content (AvgIpc) is 3.83. The van der Waals surface area contributed by atoms with Crippen molar-refractivity contribution in [3.05, 3.63) is 11.6 Å². The van der Waals surface area contributed by atoms with Crippen LogP contribution in [-0.2, 0) is 57.0 Å². The Kier molecular flexibility index (Phi) is 14.9. The van der Waals surface area contributed by atoms with Crippen LogP contribution < -0.4 is 0 Å². The molecular weight excluding hydrogens is 893 g/mol. The number of cyclic esters (lactones) is 1. The van der Waals surface area contributed by atoms with Gasteiger partial charge in [-0.2, -0.15) is 0 Å². The number of carbonyl (C=O) groups excluding carboxylic acids is 2. The van der Waals surface area contributed by atoms with E-state index in [2.05, 4.69) is 13.8 Å². The van der Waals surface area contributed by atoms with Gasteiger partial charge in [0, 0.05) is 37.7 Å². The summed E-state index contributed by atoms with van der Waals surface area (Å²) in [6.45, 7) is 10.8. The van der Waals surface area contributed by atoms with Gasteiger partial charge in [-0.05, 0) is 113 Å². The van der Waals surface area contributed by atoms with Gasteiger partial charge < -0.3 is 83.1 Å². The molecule has 9 rings (SSSR count). The van der Waals surface area contributed by atoms with Gasteiger partial charge in [-0.15, -0.1) is 0 Å². The Morgan fingerprint density at radius 1 is 0.706 bits per heavy atom. The van der Waals surface area contributed by atoms with Gasteiger partial charge in [-0.1, -0.05) is 13.8 Å². The topological polar surface area (TPSA) is 268 Å². The van der Waals surface area contributed by atoms with E-state index in [1.54, 1.807) is 19.9 Å². The molecule has 19 heteroatoms. The molecule has 5 heterocycles. The van der Waals surface area contributed by atoms with Gasteiger partial charge >= 0.3 is 11.9 Å². The monoisotopic (exact) mass is 968 g/mol. The Morgan fingerprint density at radius 2 is 1.34 bits per heavy atom. The maximum Gasteiger partial charge on any atom is 0.331 e. The van der Waals surface area contributed by atoms with Crippen LogP contribution in [0, 0.1) is 34.5 Å². The van der Waals surface area contributed by atoms with Crippen LogP contribution in [0.15, 0.2) is 11.6 Å². The SMILES string of the molecule is CC(=O)O[C@H]1C[C@@H](O[C@H]2[C@@H](O)C[C@@H](O[C@H]3[C@@H](O)C[C@H](O[C@H]4CC[C@@]5(C)[C@H](CC[C@@H]6[C@@H]5CC[C@]5(C)[C@@H](C7=CC(=O)OC7)CC[C@]65O)C4)O[C@@H]3C)O[C@@H]2C)O[C@H](C)[C@@H]1O[C@H]1O[C@H](CO)[C@@H](O)[C@H](O)[C@H]1O. The van der Waals surface area contributed by atoms with Gasteiger partial charge in [0.15, 0.2) is 25.2 Å². The van der Waals surface area contributed by atoms with Crippen molar-refractivity contribution < 1.29 is 92.7 Å². The standard InChI is InChI=1S/C49H76O19/c1-22-43(66-38-18-33(53)44(23(2)61-38)67-39-19-34(63-25(4)51)45(24(3)62-39)68-46-42(57)41(56)40(55)35(20-50)65-46)32(52)17-37(60-22)64-28-9-12-47(5)27(16-28)7-8-31-30(47)10-13-48(6)29(11-14-49(31,48)58)26-15-36(54)59-21-26/h15,22-24,27-35,37-46,50,52-53,55-58H,7-14,16-21H2,1-6H3/t22-,23-,24-,27-,28+,29-,30+,31-,32+,33+,34+,35-,37+,38-,39-,40-,41+,42-,43-,44-,45+,46-,47+,48-,49+/m1/s1. The summed E-state index contributed by atoms with van der Waals surface area (Å²) >= 11 is 0. The van der Waals surface area contributed by atoms with Crippen LogP contribution in [0.1, 0.15) is 119 Å². The lowest BCUT2D eigenvalue weighted by Gasteiger charge is -2.64. The second-order valence-electron chi connectivity index (χ2n) is 22.1. The summed E-state index contributed by atoms with van der Waals surface area (Å²) in [5, 5.41) is 76.1. The van der Waals surface area contributed by atoms with E-state index >= 15 is 0 Å². The normalized spacial score (nSPS) is 52.8. The lowest BCUT2D eigenvalue weighted by Crippen LogP contribution is -2.62. The van der Waals surface area contributed by atoms with E-state index in [4.69, 9.17) is 47.4 Å². The highest BCUT2D eigenvalue weighted by atomic mass is 16.8. The smallest absolute Gasteiger partial charge is 0.331 e. The molecule has 0 radical (unpaired) electrons. The van der Waals surface area contributed by atoms with Crippen LogP contribution in [-0.4, -0.2) is 177 Å². The van der Waals surface area contributed by atoms with Gasteiger partial charge in [0.2, 0.25) is 0 Å². The number of carbonyl (C=O) groups is 2. The largest absolute Gasteiger partial charge is 0.459 e. The fraction of sp³-hybridized carbons (Fsp3) is 0.918. The molecule has 5 aliphatic heterocycles. The molecule has 4 saturated carbocycles. The number of aliphatic hydroxyl groups is 7. The van der Waals surface area contributed by atoms with Crippen molar-refractivity contribution in [3.8, 4) is 0 Å². The van der Waals surface area contributed by atoms with Crippen LogP contribution >= 0.6 is 0 Å². The summed E-state index contributed by atoms with van der Waals surface area (Å²) in [7, 11) is 0. The van der Waals surface area contributed by atoms with Crippen molar-refractivity contribution in [1.29, 1.82) is 0 Å². The summed E-state index contributed by atoms with van der Waals surface area (Å²) in [6, 6.07) is 0. The molecule has 7 N–H and O–H groups in total. The number of aliphatic hydroxyl groups excluding tert-OH is 6. The molecule has 0 amide bonds. The summed E-state index contributed by atoms with van der Waals surface area (Å²) in [5.74, 6) is 0.357. The zero-order valence-electron chi connectivity index (χ0n) is 40.2. The summed E-state index contributed by atoms with van der Waals surface area (Å²) in [4.78, 5) is 24.2.